The van der Waals surface area contributed by atoms with Crippen LogP contribution in [-0.4, -0.2) is 98.3 Å². The van der Waals surface area contributed by atoms with Gasteiger partial charge in [-0.05, 0) is 38.0 Å². The van der Waals surface area contributed by atoms with Crippen molar-refractivity contribution in [1.29, 1.82) is 0 Å². The molecule has 2 aliphatic carbocycles. The molecule has 37 heavy (non-hydrogen) atoms. The number of carbonyl (C=O) groups excluding carboxylic acids is 2. The SMILES string of the molecule is CC(NC(=O)C1CC(O)CN1C(=O)[C@@H](n1cc(C2CC2)nn1)C(C)(C)C)C1(N2CCOCC2)CCCC1. The maximum absolute atomic E-state index is 14.0. The number of rotatable bonds is 7. The highest BCUT2D eigenvalue weighted by Crippen LogP contribution is 2.41. The summed E-state index contributed by atoms with van der Waals surface area (Å²) in [7, 11) is 0. The van der Waals surface area contributed by atoms with E-state index in [0.29, 0.717) is 5.92 Å². The molecule has 10 nitrogen and oxygen atoms in total. The number of carbonyl (C=O) groups is 2. The van der Waals surface area contributed by atoms with Crippen LogP contribution < -0.4 is 5.32 Å². The van der Waals surface area contributed by atoms with Gasteiger partial charge in [0.1, 0.15) is 12.1 Å². The predicted octanol–water partition coefficient (Wildman–Crippen LogP) is 1.85. The topological polar surface area (TPSA) is 113 Å². The van der Waals surface area contributed by atoms with E-state index in [9.17, 15) is 14.7 Å². The Morgan fingerprint density at radius 3 is 2.49 bits per heavy atom. The number of morpholine rings is 1. The molecule has 0 spiro atoms. The third-order valence-electron chi connectivity index (χ3n) is 8.98. The van der Waals surface area contributed by atoms with E-state index >= 15 is 0 Å². The normalized spacial score (nSPS) is 28.3. The zero-order valence-corrected chi connectivity index (χ0v) is 22.9. The standard InChI is InChI=1S/C27H44N6O4/c1-18(27(9-5-6-10-27)31-11-13-37-14-12-31)28-24(35)22-15-20(34)16-32(22)25(36)23(26(2,3)4)33-17-21(29-30-33)19-7-8-19/h17-20,22-23,34H,5-16H2,1-4H3,(H,28,35)/t18?,20?,22?,23-/m1/s1. The summed E-state index contributed by atoms with van der Waals surface area (Å²) in [5.74, 6) is 0.0715. The summed E-state index contributed by atoms with van der Waals surface area (Å²) in [6.07, 6.45) is 8.02. The molecule has 4 fully saturated rings. The van der Waals surface area contributed by atoms with Crippen LogP contribution in [0.15, 0.2) is 6.20 Å². The van der Waals surface area contributed by atoms with Gasteiger partial charge in [0.05, 0.1) is 25.0 Å². The van der Waals surface area contributed by atoms with Gasteiger partial charge in [0.15, 0.2) is 0 Å². The molecule has 2 amide bonds. The fourth-order valence-corrected chi connectivity index (χ4v) is 6.79. The smallest absolute Gasteiger partial charge is 0.248 e. The Labute approximate surface area is 220 Å². The van der Waals surface area contributed by atoms with Crippen LogP contribution in [0.4, 0.5) is 0 Å². The number of nitrogens with one attached hydrogen (secondary N) is 1. The van der Waals surface area contributed by atoms with Gasteiger partial charge in [-0.2, -0.15) is 0 Å². The van der Waals surface area contributed by atoms with E-state index in [0.717, 1.165) is 70.5 Å². The molecule has 3 heterocycles. The van der Waals surface area contributed by atoms with Gasteiger partial charge in [-0.25, -0.2) is 4.68 Å². The van der Waals surface area contributed by atoms with Crippen LogP contribution in [0.25, 0.3) is 0 Å². The van der Waals surface area contributed by atoms with E-state index < -0.39 is 23.6 Å². The van der Waals surface area contributed by atoms with E-state index in [-0.39, 0.29) is 36.4 Å². The summed E-state index contributed by atoms with van der Waals surface area (Å²) in [5.41, 5.74) is 0.397. The van der Waals surface area contributed by atoms with E-state index in [4.69, 9.17) is 4.74 Å². The molecule has 4 aliphatic rings. The van der Waals surface area contributed by atoms with Crippen molar-refractivity contribution >= 4 is 11.8 Å². The summed E-state index contributed by atoms with van der Waals surface area (Å²) in [6.45, 7) is 11.5. The number of ether oxygens (including phenoxy) is 1. The highest BCUT2D eigenvalue weighted by Gasteiger charge is 2.48. The minimum atomic E-state index is -0.729. The molecule has 206 valence electrons. The fraction of sp³-hybridized carbons (Fsp3) is 0.852. The highest BCUT2D eigenvalue weighted by molar-refractivity contribution is 5.90. The summed E-state index contributed by atoms with van der Waals surface area (Å²) < 4.78 is 7.26. The largest absolute Gasteiger partial charge is 0.391 e. The van der Waals surface area contributed by atoms with Gasteiger partial charge in [0.25, 0.3) is 0 Å². The van der Waals surface area contributed by atoms with Crippen molar-refractivity contribution in [3.63, 3.8) is 0 Å². The van der Waals surface area contributed by atoms with Crippen LogP contribution in [0.2, 0.25) is 0 Å². The Kier molecular flexibility index (Phi) is 7.37. The first-order valence-electron chi connectivity index (χ1n) is 14.1. The minimum Gasteiger partial charge on any atom is -0.391 e. The molecule has 2 N–H and O–H groups in total. The van der Waals surface area contributed by atoms with Crippen molar-refractivity contribution in [3.05, 3.63) is 11.9 Å². The highest BCUT2D eigenvalue weighted by atomic mass is 16.5. The second-order valence-electron chi connectivity index (χ2n) is 12.7. The number of amides is 2. The van der Waals surface area contributed by atoms with E-state index in [1.165, 1.54) is 0 Å². The lowest BCUT2D eigenvalue weighted by Crippen LogP contribution is -2.63. The molecular weight excluding hydrogens is 472 g/mol. The molecule has 0 radical (unpaired) electrons. The summed E-state index contributed by atoms with van der Waals surface area (Å²) in [5, 5.41) is 22.5. The number of hydrogen-bond acceptors (Lipinski definition) is 7. The number of hydrogen-bond donors (Lipinski definition) is 2. The summed E-state index contributed by atoms with van der Waals surface area (Å²) in [6, 6.07) is -1.38. The van der Waals surface area contributed by atoms with E-state index in [1.54, 1.807) is 9.58 Å². The molecule has 5 rings (SSSR count). The van der Waals surface area contributed by atoms with Gasteiger partial charge < -0.3 is 20.1 Å². The fourth-order valence-electron chi connectivity index (χ4n) is 6.79. The molecule has 1 aromatic rings. The second kappa shape index (κ2) is 10.3. The van der Waals surface area contributed by atoms with Crippen LogP contribution in [-0.2, 0) is 14.3 Å². The molecule has 0 bridgehead atoms. The zero-order valence-electron chi connectivity index (χ0n) is 22.9. The second-order valence-corrected chi connectivity index (χ2v) is 12.7. The van der Waals surface area contributed by atoms with Crippen LogP contribution in [0.1, 0.15) is 90.3 Å². The molecule has 0 aromatic carbocycles. The van der Waals surface area contributed by atoms with Gasteiger partial charge in [-0.15, -0.1) is 5.10 Å². The molecule has 4 atom stereocenters. The number of aliphatic hydroxyl groups is 1. The lowest BCUT2D eigenvalue weighted by molar-refractivity contribution is -0.144. The van der Waals surface area contributed by atoms with Crippen LogP contribution in [0, 0.1) is 5.41 Å². The average Bonchev–Trinajstić information content (AvgIpc) is 3.22. The van der Waals surface area contributed by atoms with E-state index in [2.05, 4.69) is 27.5 Å². The number of nitrogens with zero attached hydrogens (tertiary/aromatic N) is 5. The third kappa shape index (κ3) is 5.29. The first-order valence-corrected chi connectivity index (χ1v) is 14.1. The minimum absolute atomic E-state index is 0.0647. The van der Waals surface area contributed by atoms with E-state index in [1.807, 2.05) is 27.0 Å². The van der Waals surface area contributed by atoms with Crippen molar-refractivity contribution in [2.24, 2.45) is 5.41 Å². The molecular formula is C27H44N6O4. The summed E-state index contributed by atoms with van der Waals surface area (Å²) in [4.78, 5) is 31.8. The molecule has 2 saturated carbocycles. The van der Waals surface area contributed by atoms with Crippen molar-refractivity contribution < 1.29 is 19.4 Å². The lowest BCUT2D eigenvalue weighted by Gasteiger charge is -2.47. The molecule has 2 saturated heterocycles. The number of aromatic nitrogens is 3. The van der Waals surface area contributed by atoms with Gasteiger partial charge in [-0.3, -0.25) is 14.5 Å². The Morgan fingerprint density at radius 2 is 1.86 bits per heavy atom. The Morgan fingerprint density at radius 1 is 1.19 bits per heavy atom. The maximum Gasteiger partial charge on any atom is 0.248 e. The maximum atomic E-state index is 14.0. The van der Waals surface area contributed by atoms with Gasteiger partial charge in [-0.1, -0.05) is 38.8 Å². The average molecular weight is 517 g/mol. The molecule has 2 aliphatic heterocycles. The molecule has 3 unspecified atom stereocenters. The lowest BCUT2D eigenvalue weighted by atomic mass is 9.85. The number of aliphatic hydroxyl groups excluding tert-OH is 1. The van der Waals surface area contributed by atoms with Crippen molar-refractivity contribution in [3.8, 4) is 0 Å². The van der Waals surface area contributed by atoms with Gasteiger partial charge >= 0.3 is 0 Å². The summed E-state index contributed by atoms with van der Waals surface area (Å²) >= 11 is 0. The van der Waals surface area contributed by atoms with Crippen molar-refractivity contribution in [2.75, 3.05) is 32.8 Å². The van der Waals surface area contributed by atoms with Crippen molar-refractivity contribution in [1.82, 2.24) is 30.1 Å². The van der Waals surface area contributed by atoms with Gasteiger partial charge in [0, 0.05) is 49.8 Å². The number of likely N-dealkylation sites (tertiary alicyclic amines) is 1. The van der Waals surface area contributed by atoms with Crippen LogP contribution >= 0.6 is 0 Å². The molecule has 10 heteroatoms. The van der Waals surface area contributed by atoms with Crippen LogP contribution in [0.5, 0.6) is 0 Å². The Bertz CT molecular complexity index is 974. The first-order chi connectivity index (χ1) is 17.6. The Hall–Kier alpha value is -2.04. The third-order valence-corrected chi connectivity index (χ3v) is 8.98. The Balaban J connectivity index is 1.33. The van der Waals surface area contributed by atoms with Crippen molar-refractivity contribution in [2.45, 2.75) is 108 Å². The quantitative estimate of drug-likeness (QED) is 0.569. The monoisotopic (exact) mass is 516 g/mol. The first kappa shape index (κ1) is 26.6. The van der Waals surface area contributed by atoms with Crippen LogP contribution in [0.3, 0.4) is 0 Å². The molecule has 1 aromatic heterocycles. The zero-order chi connectivity index (χ0) is 26.4. The predicted molar refractivity (Wildman–Crippen MR) is 138 cm³/mol. The van der Waals surface area contributed by atoms with Gasteiger partial charge in [0.2, 0.25) is 11.8 Å². The number of β-amino-alcohol motifs (C(OH)–C–C–N with tert-alkyl or cyclic N) is 1.